The summed E-state index contributed by atoms with van der Waals surface area (Å²) in [5.41, 5.74) is 0. The number of rotatable bonds is 42. The van der Waals surface area contributed by atoms with Crippen LogP contribution >= 0.6 is 0 Å². The molecular weight excluding hydrogens is 673 g/mol. The molecule has 0 unspecified atom stereocenters. The molecule has 0 aliphatic carbocycles. The van der Waals surface area contributed by atoms with Crippen molar-refractivity contribution in [1.29, 1.82) is 0 Å². The minimum Gasteiger partial charge on any atom is -0.462 e. The molecule has 0 bridgehead atoms. The van der Waals surface area contributed by atoms with Crippen LogP contribution in [0, 0.1) is 11.8 Å². The molecule has 54 heavy (non-hydrogen) atoms. The van der Waals surface area contributed by atoms with E-state index >= 15 is 0 Å². The predicted molar refractivity (Wildman–Crippen MR) is 229 cm³/mol. The second-order valence-electron chi connectivity index (χ2n) is 17.3. The van der Waals surface area contributed by atoms with Crippen molar-refractivity contribution in [3.63, 3.8) is 0 Å². The van der Waals surface area contributed by atoms with Crippen LogP contribution in [-0.2, 0) is 28.6 Å². The van der Waals surface area contributed by atoms with Crippen LogP contribution in [-0.4, -0.2) is 37.2 Å². The fraction of sp³-hybridized carbons (Fsp3) is 0.938. The van der Waals surface area contributed by atoms with Crippen LogP contribution in [0.15, 0.2) is 0 Å². The minimum absolute atomic E-state index is 0.0657. The largest absolute Gasteiger partial charge is 0.462 e. The van der Waals surface area contributed by atoms with Crippen molar-refractivity contribution >= 4 is 17.9 Å². The lowest BCUT2D eigenvalue weighted by Gasteiger charge is -2.18. The molecule has 0 amide bonds. The van der Waals surface area contributed by atoms with Gasteiger partial charge in [-0.05, 0) is 31.1 Å². The van der Waals surface area contributed by atoms with Gasteiger partial charge in [-0.2, -0.15) is 0 Å². The quantitative estimate of drug-likeness (QED) is 0.0350. The number of hydrogen-bond acceptors (Lipinski definition) is 6. The third-order valence-corrected chi connectivity index (χ3v) is 10.7. The van der Waals surface area contributed by atoms with E-state index in [2.05, 4.69) is 34.6 Å². The number of hydrogen-bond donors (Lipinski definition) is 0. The van der Waals surface area contributed by atoms with Gasteiger partial charge in [-0.15, -0.1) is 0 Å². The Morgan fingerprint density at radius 2 is 0.611 bits per heavy atom. The molecule has 0 rings (SSSR count). The summed E-state index contributed by atoms with van der Waals surface area (Å²) in [4.78, 5) is 37.6. The maximum atomic E-state index is 12.7. The summed E-state index contributed by atoms with van der Waals surface area (Å²) in [6.45, 7) is 11.3. The van der Waals surface area contributed by atoms with Gasteiger partial charge in [-0.3, -0.25) is 14.4 Å². The van der Waals surface area contributed by atoms with Crippen molar-refractivity contribution in [2.75, 3.05) is 13.2 Å². The van der Waals surface area contributed by atoms with E-state index < -0.39 is 6.10 Å². The molecule has 0 saturated heterocycles. The van der Waals surface area contributed by atoms with Gasteiger partial charge in [0.1, 0.15) is 13.2 Å². The van der Waals surface area contributed by atoms with E-state index in [9.17, 15) is 14.4 Å². The Labute approximate surface area is 336 Å². The number of unbranched alkanes of at least 4 members (excludes halogenated alkanes) is 27. The van der Waals surface area contributed by atoms with E-state index in [4.69, 9.17) is 14.2 Å². The number of esters is 3. The Bertz CT molecular complexity index is 824. The number of carbonyl (C=O) groups is 3. The van der Waals surface area contributed by atoms with E-state index in [1.54, 1.807) is 0 Å². The minimum atomic E-state index is -0.759. The van der Waals surface area contributed by atoms with Crippen LogP contribution in [0.4, 0.5) is 0 Å². The smallest absolute Gasteiger partial charge is 0.306 e. The van der Waals surface area contributed by atoms with Crippen molar-refractivity contribution in [3.05, 3.63) is 0 Å². The molecule has 6 heteroatoms. The number of carbonyl (C=O) groups excluding carboxylic acids is 3. The van der Waals surface area contributed by atoms with Gasteiger partial charge in [0.15, 0.2) is 6.10 Å². The SMILES string of the molecule is CCCCCCCCCC(=O)OC[C@H](COC(=O)CCCCCCCCCC(C)C)OC(=O)CCCCCCCCCCCCCCCCCCC(C)C. The maximum absolute atomic E-state index is 12.7. The van der Waals surface area contributed by atoms with Crippen LogP contribution in [0.2, 0.25) is 0 Å². The van der Waals surface area contributed by atoms with Gasteiger partial charge in [0.05, 0.1) is 0 Å². The monoisotopic (exact) mass is 765 g/mol. The molecule has 0 fully saturated rings. The first-order chi connectivity index (χ1) is 26.2. The van der Waals surface area contributed by atoms with Gasteiger partial charge >= 0.3 is 17.9 Å². The Hall–Kier alpha value is -1.59. The second-order valence-corrected chi connectivity index (χ2v) is 17.3. The summed E-state index contributed by atoms with van der Waals surface area (Å²) in [6.07, 6.45) is 39.7. The first-order valence-electron chi connectivity index (χ1n) is 23.7. The zero-order valence-electron chi connectivity index (χ0n) is 36.8. The van der Waals surface area contributed by atoms with Crippen LogP contribution in [0.3, 0.4) is 0 Å². The van der Waals surface area contributed by atoms with Gasteiger partial charge in [0.2, 0.25) is 0 Å². The number of ether oxygens (including phenoxy) is 3. The molecule has 0 heterocycles. The molecule has 0 aliphatic rings. The van der Waals surface area contributed by atoms with E-state index in [0.717, 1.165) is 69.6 Å². The normalized spacial score (nSPS) is 12.1. The summed E-state index contributed by atoms with van der Waals surface area (Å²) in [5.74, 6) is 0.770. The third-order valence-electron chi connectivity index (χ3n) is 10.7. The topological polar surface area (TPSA) is 78.9 Å². The summed E-state index contributed by atoms with van der Waals surface area (Å²) in [6, 6.07) is 0. The molecule has 0 N–H and O–H groups in total. The highest BCUT2D eigenvalue weighted by Crippen LogP contribution is 2.17. The van der Waals surface area contributed by atoms with Crippen LogP contribution in [0.1, 0.15) is 259 Å². The predicted octanol–water partition coefficient (Wildman–Crippen LogP) is 15.0. The summed E-state index contributed by atoms with van der Waals surface area (Å²) >= 11 is 0. The van der Waals surface area contributed by atoms with E-state index in [1.165, 1.54) is 148 Å². The van der Waals surface area contributed by atoms with Gasteiger partial charge in [0.25, 0.3) is 0 Å². The fourth-order valence-electron chi connectivity index (χ4n) is 7.11. The summed E-state index contributed by atoms with van der Waals surface area (Å²) < 4.78 is 16.7. The lowest BCUT2D eigenvalue weighted by Crippen LogP contribution is -2.30. The van der Waals surface area contributed by atoms with Crippen molar-refractivity contribution in [2.24, 2.45) is 11.8 Å². The lowest BCUT2D eigenvalue weighted by molar-refractivity contribution is -0.167. The Morgan fingerprint density at radius 3 is 0.907 bits per heavy atom. The molecule has 0 aliphatic heterocycles. The first-order valence-corrected chi connectivity index (χ1v) is 23.7. The van der Waals surface area contributed by atoms with E-state index in [1.807, 2.05) is 0 Å². The zero-order valence-corrected chi connectivity index (χ0v) is 36.8. The summed E-state index contributed by atoms with van der Waals surface area (Å²) in [5, 5.41) is 0. The van der Waals surface area contributed by atoms with Crippen molar-refractivity contribution < 1.29 is 28.6 Å². The van der Waals surface area contributed by atoms with Crippen molar-refractivity contribution in [2.45, 2.75) is 265 Å². The first kappa shape index (κ1) is 52.4. The summed E-state index contributed by atoms with van der Waals surface area (Å²) in [7, 11) is 0. The second kappa shape index (κ2) is 41.1. The fourth-order valence-corrected chi connectivity index (χ4v) is 7.11. The highest BCUT2D eigenvalue weighted by molar-refractivity contribution is 5.71. The highest BCUT2D eigenvalue weighted by Gasteiger charge is 2.19. The molecule has 0 aromatic heterocycles. The molecule has 320 valence electrons. The Morgan fingerprint density at radius 1 is 0.352 bits per heavy atom. The molecule has 0 aromatic rings. The molecule has 0 radical (unpaired) electrons. The average molecular weight is 765 g/mol. The van der Waals surface area contributed by atoms with Crippen LogP contribution in [0.25, 0.3) is 0 Å². The zero-order chi connectivity index (χ0) is 39.7. The van der Waals surface area contributed by atoms with E-state index in [-0.39, 0.29) is 31.1 Å². The van der Waals surface area contributed by atoms with E-state index in [0.29, 0.717) is 19.3 Å². The molecular formula is C48H92O6. The Balaban J connectivity index is 4.18. The van der Waals surface area contributed by atoms with Gasteiger partial charge < -0.3 is 14.2 Å². The molecule has 1 atom stereocenters. The van der Waals surface area contributed by atoms with Crippen molar-refractivity contribution in [3.8, 4) is 0 Å². The van der Waals surface area contributed by atoms with Gasteiger partial charge in [-0.25, -0.2) is 0 Å². The van der Waals surface area contributed by atoms with Crippen LogP contribution < -0.4 is 0 Å². The standard InChI is InChI=1S/C48H92O6/c1-6-7-8-9-21-28-33-38-46(49)52-41-45(42-53-47(50)39-34-29-25-20-23-27-32-37-44(4)5)54-48(51)40-35-30-24-19-17-15-13-11-10-12-14-16-18-22-26-31-36-43(2)3/h43-45H,6-42H2,1-5H3/t45-/m1/s1. The molecule has 6 nitrogen and oxygen atoms in total. The maximum Gasteiger partial charge on any atom is 0.306 e. The third kappa shape index (κ3) is 41.6. The van der Waals surface area contributed by atoms with Crippen LogP contribution in [0.5, 0.6) is 0 Å². The average Bonchev–Trinajstić information content (AvgIpc) is 3.14. The molecule has 0 saturated carbocycles. The van der Waals surface area contributed by atoms with Crippen molar-refractivity contribution in [1.82, 2.24) is 0 Å². The van der Waals surface area contributed by atoms with Gasteiger partial charge in [-0.1, -0.05) is 221 Å². The highest BCUT2D eigenvalue weighted by atomic mass is 16.6. The molecule has 0 aromatic carbocycles. The lowest BCUT2D eigenvalue weighted by atomic mass is 10.0. The molecule has 0 spiro atoms. The van der Waals surface area contributed by atoms with Gasteiger partial charge in [0, 0.05) is 19.3 Å². The Kier molecular flexibility index (Phi) is 39.8.